The molecule has 22 heavy (non-hydrogen) atoms. The fourth-order valence-corrected chi connectivity index (χ4v) is 3.27. The van der Waals surface area contributed by atoms with Gasteiger partial charge in [-0.3, -0.25) is 0 Å². The molecule has 0 aromatic heterocycles. The summed E-state index contributed by atoms with van der Waals surface area (Å²) in [7, 11) is 13.9. The molecule has 0 aliphatic heterocycles. The van der Waals surface area contributed by atoms with Gasteiger partial charge in [-0.05, 0) is 37.3 Å². The number of aryl methyl sites for hydroxylation is 1. The fourth-order valence-electron chi connectivity index (χ4n) is 1.88. The Labute approximate surface area is 149 Å². The third-order valence-electron chi connectivity index (χ3n) is 2.86. The standard InChI is InChI=1S/C15H17FNOP.2ClH.Ti/c1-10-4-6-13(18)15(8-10)19-14-7-5-11(16)9-12(14)17(2)3;;;/h4-9,18-19H,1-3H3;2*1H;/q;;;+2/p-2. The average molecular weight is 396 g/mol. The number of benzene rings is 2. The Morgan fingerprint density at radius 3 is 2.32 bits per heavy atom. The Morgan fingerprint density at radius 2 is 1.73 bits per heavy atom. The van der Waals surface area contributed by atoms with Gasteiger partial charge in [0.2, 0.25) is 0 Å². The second-order valence-electron chi connectivity index (χ2n) is 4.77. The molecule has 2 rings (SSSR count). The molecule has 1 unspecified atom stereocenters. The molecule has 0 aliphatic rings. The minimum absolute atomic E-state index is 0.245. The molecule has 1 N–H and O–H groups in total. The molecule has 118 valence electrons. The van der Waals surface area contributed by atoms with E-state index in [1.807, 2.05) is 38.1 Å². The van der Waals surface area contributed by atoms with Crippen molar-refractivity contribution in [1.82, 2.24) is 0 Å². The van der Waals surface area contributed by atoms with E-state index < -0.39 is 17.0 Å². The number of anilines is 1. The summed E-state index contributed by atoms with van der Waals surface area (Å²) in [5.41, 5.74) is 1.95. The van der Waals surface area contributed by atoms with Gasteiger partial charge < -0.3 is 10.0 Å². The van der Waals surface area contributed by atoms with Gasteiger partial charge in [0.15, 0.2) is 0 Å². The third kappa shape index (κ3) is 6.06. The van der Waals surface area contributed by atoms with Crippen molar-refractivity contribution in [3.05, 3.63) is 47.8 Å². The summed E-state index contributed by atoms with van der Waals surface area (Å²) in [6, 6.07) is 10.3. The van der Waals surface area contributed by atoms with E-state index in [9.17, 15) is 9.50 Å². The Balaban J connectivity index is 0.000000745. The van der Waals surface area contributed by atoms with Crippen LogP contribution in [0.2, 0.25) is 0 Å². The van der Waals surface area contributed by atoms with Crippen molar-refractivity contribution >= 4 is 43.5 Å². The normalized spacial score (nSPS) is 10.3. The van der Waals surface area contributed by atoms with Crippen molar-refractivity contribution in [2.75, 3.05) is 19.0 Å². The van der Waals surface area contributed by atoms with Crippen LogP contribution in [-0.2, 0) is 17.0 Å². The predicted octanol–water partition coefficient (Wildman–Crippen LogP) is 3.91. The van der Waals surface area contributed by atoms with Crippen molar-refractivity contribution in [3.63, 3.8) is 0 Å². The molecular formula is C15H17Cl2FNOPTi. The van der Waals surface area contributed by atoms with Crippen LogP contribution in [0.4, 0.5) is 10.1 Å². The first-order valence-electron chi connectivity index (χ1n) is 6.38. The SMILES string of the molecule is Cc1ccc(O)c(Pc2ccc(F)cc2N(C)C)c1.[Cl][Ti][Cl]. The molecule has 0 saturated carbocycles. The molecular weight excluding hydrogens is 379 g/mol. The molecule has 0 saturated heterocycles. The zero-order chi connectivity index (χ0) is 16.7. The van der Waals surface area contributed by atoms with Crippen molar-refractivity contribution in [3.8, 4) is 5.75 Å². The van der Waals surface area contributed by atoms with Gasteiger partial charge in [-0.15, -0.1) is 0 Å². The van der Waals surface area contributed by atoms with E-state index in [4.69, 9.17) is 18.6 Å². The summed E-state index contributed by atoms with van der Waals surface area (Å²) in [5.74, 6) is 0.0451. The maximum absolute atomic E-state index is 13.3. The molecule has 2 aromatic carbocycles. The third-order valence-corrected chi connectivity index (χ3v) is 4.22. The number of phenolic OH excluding ortho intramolecular Hbond substituents is 1. The van der Waals surface area contributed by atoms with Crippen molar-refractivity contribution in [2.24, 2.45) is 0 Å². The molecule has 0 heterocycles. The predicted molar refractivity (Wildman–Crippen MR) is 92.9 cm³/mol. The summed E-state index contributed by atoms with van der Waals surface area (Å²) in [4.78, 5) is 1.89. The topological polar surface area (TPSA) is 23.5 Å². The molecule has 0 bridgehead atoms. The number of nitrogens with zero attached hydrogens (tertiary/aromatic N) is 1. The number of rotatable bonds is 3. The van der Waals surface area contributed by atoms with Crippen LogP contribution in [-0.4, -0.2) is 19.2 Å². The summed E-state index contributed by atoms with van der Waals surface area (Å²) in [6.07, 6.45) is 0. The van der Waals surface area contributed by atoms with Crippen molar-refractivity contribution in [1.29, 1.82) is 0 Å². The fraction of sp³-hybridized carbons (Fsp3) is 0.200. The van der Waals surface area contributed by atoms with Gasteiger partial charge in [0.1, 0.15) is 11.6 Å². The van der Waals surface area contributed by atoms with Gasteiger partial charge in [-0.1, -0.05) is 20.2 Å². The molecule has 2 aromatic rings. The van der Waals surface area contributed by atoms with Crippen LogP contribution < -0.4 is 15.5 Å². The van der Waals surface area contributed by atoms with E-state index >= 15 is 0 Å². The second-order valence-corrected chi connectivity index (χ2v) is 8.68. The quantitative estimate of drug-likeness (QED) is 0.629. The molecule has 0 spiro atoms. The number of halogens is 3. The molecule has 1 atom stereocenters. The molecule has 7 heteroatoms. The molecule has 0 fully saturated rings. The van der Waals surface area contributed by atoms with Crippen LogP contribution in [0.3, 0.4) is 0 Å². The zero-order valence-corrected chi connectivity index (χ0v) is 16.6. The molecule has 0 amide bonds. The molecule has 0 radical (unpaired) electrons. The van der Waals surface area contributed by atoms with E-state index in [2.05, 4.69) is 0 Å². The Hall–Kier alpha value is -0.306. The number of hydrogen-bond acceptors (Lipinski definition) is 2. The summed E-state index contributed by atoms with van der Waals surface area (Å²) < 4.78 is 13.3. The Bertz CT molecular complexity index is 628. The van der Waals surface area contributed by atoms with Crippen LogP contribution in [0.25, 0.3) is 0 Å². The van der Waals surface area contributed by atoms with Crippen molar-refractivity contribution in [2.45, 2.75) is 6.92 Å². The van der Waals surface area contributed by atoms with Gasteiger partial charge >= 0.3 is 35.6 Å². The monoisotopic (exact) mass is 395 g/mol. The van der Waals surface area contributed by atoms with E-state index in [-0.39, 0.29) is 11.6 Å². The van der Waals surface area contributed by atoms with Crippen LogP contribution in [0.15, 0.2) is 36.4 Å². The number of aromatic hydroxyl groups is 1. The van der Waals surface area contributed by atoms with Gasteiger partial charge in [-0.25, -0.2) is 4.39 Å². The Kier molecular flexibility index (Phi) is 8.75. The average Bonchev–Trinajstić information content (AvgIpc) is 2.45. The first kappa shape index (κ1) is 19.7. The summed E-state index contributed by atoms with van der Waals surface area (Å²) >= 11 is -0.556. The van der Waals surface area contributed by atoms with E-state index in [0.29, 0.717) is 8.58 Å². The van der Waals surface area contributed by atoms with Crippen LogP contribution >= 0.6 is 27.2 Å². The first-order chi connectivity index (χ1) is 10.4. The summed E-state index contributed by atoms with van der Waals surface area (Å²) in [6.45, 7) is 1.99. The van der Waals surface area contributed by atoms with E-state index in [0.717, 1.165) is 21.9 Å². The number of phenols is 1. The van der Waals surface area contributed by atoms with Crippen LogP contribution in [0, 0.1) is 12.7 Å². The van der Waals surface area contributed by atoms with Gasteiger partial charge in [0, 0.05) is 30.4 Å². The van der Waals surface area contributed by atoms with Gasteiger partial charge in [0.05, 0.1) is 0 Å². The van der Waals surface area contributed by atoms with Crippen LogP contribution in [0.5, 0.6) is 5.75 Å². The second kappa shape index (κ2) is 9.75. The first-order valence-corrected chi connectivity index (χ1v) is 11.7. The van der Waals surface area contributed by atoms with E-state index in [1.54, 1.807) is 12.1 Å². The van der Waals surface area contributed by atoms with Gasteiger partial charge in [-0.2, -0.15) is 0 Å². The van der Waals surface area contributed by atoms with Gasteiger partial charge in [0.25, 0.3) is 0 Å². The van der Waals surface area contributed by atoms with Crippen LogP contribution in [0.1, 0.15) is 5.56 Å². The molecule has 0 aliphatic carbocycles. The summed E-state index contributed by atoms with van der Waals surface area (Å²) in [5, 5.41) is 11.8. The van der Waals surface area contributed by atoms with E-state index in [1.165, 1.54) is 12.1 Å². The minimum atomic E-state index is -0.556. The maximum atomic E-state index is 13.3. The molecule has 2 nitrogen and oxygen atoms in total. The zero-order valence-electron chi connectivity index (χ0n) is 12.5. The van der Waals surface area contributed by atoms with Crippen molar-refractivity contribution < 1.29 is 26.5 Å². The Morgan fingerprint density at radius 1 is 1.09 bits per heavy atom. The number of hydrogen-bond donors (Lipinski definition) is 1.